The maximum Gasteiger partial charge on any atom is 0.0406 e. The fourth-order valence-corrected chi connectivity index (χ4v) is 2.10. The predicted octanol–water partition coefficient (Wildman–Crippen LogP) is 2.35. The Bertz CT molecular complexity index is 289. The molecule has 1 aliphatic rings. The lowest BCUT2D eigenvalue weighted by molar-refractivity contribution is 0.437. The number of halogens is 1. The molecule has 1 aliphatic heterocycles. The van der Waals surface area contributed by atoms with E-state index in [2.05, 4.69) is 22.8 Å². The molecule has 0 amide bonds. The molecular formula is C12H17ClN2. The van der Waals surface area contributed by atoms with Crippen LogP contribution < -0.4 is 10.6 Å². The molecule has 0 aromatic heterocycles. The minimum absolute atomic E-state index is 0.490. The molecular weight excluding hydrogens is 208 g/mol. The van der Waals surface area contributed by atoms with Crippen molar-refractivity contribution < 1.29 is 0 Å². The monoisotopic (exact) mass is 224 g/mol. The molecule has 2 N–H and O–H groups in total. The van der Waals surface area contributed by atoms with E-state index in [9.17, 15) is 0 Å². The fourth-order valence-electron chi connectivity index (χ4n) is 1.97. The van der Waals surface area contributed by atoms with Crippen molar-refractivity contribution in [3.63, 3.8) is 0 Å². The van der Waals surface area contributed by atoms with Crippen LogP contribution in [-0.4, -0.2) is 19.6 Å². The van der Waals surface area contributed by atoms with Gasteiger partial charge in [0.05, 0.1) is 0 Å². The minimum atomic E-state index is 0.490. The molecule has 2 rings (SSSR count). The maximum atomic E-state index is 5.88. The first-order chi connectivity index (χ1) is 7.36. The van der Waals surface area contributed by atoms with Crippen molar-refractivity contribution in [3.8, 4) is 0 Å². The number of benzene rings is 1. The van der Waals surface area contributed by atoms with Crippen LogP contribution in [-0.2, 0) is 0 Å². The van der Waals surface area contributed by atoms with Gasteiger partial charge in [-0.25, -0.2) is 0 Å². The Morgan fingerprint density at radius 1 is 1.07 bits per heavy atom. The second-order valence-corrected chi connectivity index (χ2v) is 4.39. The SMILES string of the molecule is Clc1ccc(C2CCCNCCN2)cc1. The predicted molar refractivity (Wildman–Crippen MR) is 64.3 cm³/mol. The highest BCUT2D eigenvalue weighted by Crippen LogP contribution is 2.20. The molecule has 1 fully saturated rings. The third kappa shape index (κ3) is 3.20. The smallest absolute Gasteiger partial charge is 0.0406 e. The zero-order valence-corrected chi connectivity index (χ0v) is 9.56. The largest absolute Gasteiger partial charge is 0.315 e. The standard InChI is InChI=1S/C12H17ClN2/c13-11-5-3-10(4-6-11)12-2-1-7-14-8-9-15-12/h3-6,12,14-15H,1-2,7-9H2. The van der Waals surface area contributed by atoms with E-state index in [1.54, 1.807) is 0 Å². The molecule has 0 aliphatic carbocycles. The topological polar surface area (TPSA) is 24.1 Å². The molecule has 1 atom stereocenters. The Morgan fingerprint density at radius 2 is 1.87 bits per heavy atom. The van der Waals surface area contributed by atoms with E-state index in [-0.39, 0.29) is 0 Å². The summed E-state index contributed by atoms with van der Waals surface area (Å²) >= 11 is 5.88. The Morgan fingerprint density at radius 3 is 2.67 bits per heavy atom. The molecule has 3 heteroatoms. The first kappa shape index (κ1) is 10.9. The quantitative estimate of drug-likeness (QED) is 0.766. The third-order valence-corrected chi connectivity index (χ3v) is 3.06. The molecule has 15 heavy (non-hydrogen) atoms. The van der Waals surface area contributed by atoms with Gasteiger partial charge in [0, 0.05) is 24.2 Å². The first-order valence-electron chi connectivity index (χ1n) is 5.56. The Hall–Kier alpha value is -0.570. The van der Waals surface area contributed by atoms with Crippen LogP contribution in [0.2, 0.25) is 5.02 Å². The Balaban J connectivity index is 2.03. The van der Waals surface area contributed by atoms with E-state index >= 15 is 0 Å². The van der Waals surface area contributed by atoms with Crippen molar-refractivity contribution in [1.29, 1.82) is 0 Å². The summed E-state index contributed by atoms with van der Waals surface area (Å²) in [7, 11) is 0. The van der Waals surface area contributed by atoms with Gasteiger partial charge in [0.25, 0.3) is 0 Å². The van der Waals surface area contributed by atoms with Gasteiger partial charge < -0.3 is 10.6 Å². The molecule has 1 unspecified atom stereocenters. The minimum Gasteiger partial charge on any atom is -0.315 e. The summed E-state index contributed by atoms with van der Waals surface area (Å²) in [6.45, 7) is 3.23. The van der Waals surface area contributed by atoms with Crippen molar-refractivity contribution >= 4 is 11.6 Å². The van der Waals surface area contributed by atoms with E-state index < -0.39 is 0 Å². The van der Waals surface area contributed by atoms with Gasteiger partial charge in [-0.2, -0.15) is 0 Å². The number of hydrogen-bond acceptors (Lipinski definition) is 2. The van der Waals surface area contributed by atoms with E-state index in [1.165, 1.54) is 18.4 Å². The van der Waals surface area contributed by atoms with Crippen molar-refractivity contribution in [1.82, 2.24) is 10.6 Å². The van der Waals surface area contributed by atoms with Crippen LogP contribution in [0, 0.1) is 0 Å². The van der Waals surface area contributed by atoms with Crippen LogP contribution >= 0.6 is 11.6 Å². The van der Waals surface area contributed by atoms with E-state index in [0.29, 0.717) is 6.04 Å². The van der Waals surface area contributed by atoms with Crippen molar-refractivity contribution in [2.75, 3.05) is 19.6 Å². The van der Waals surface area contributed by atoms with E-state index in [0.717, 1.165) is 24.7 Å². The molecule has 1 aromatic carbocycles. The van der Waals surface area contributed by atoms with Crippen molar-refractivity contribution in [2.45, 2.75) is 18.9 Å². The van der Waals surface area contributed by atoms with Crippen LogP contribution in [0.25, 0.3) is 0 Å². The van der Waals surface area contributed by atoms with Crippen LogP contribution in [0.4, 0.5) is 0 Å². The average Bonchev–Trinajstić information content (AvgIpc) is 2.19. The summed E-state index contributed by atoms with van der Waals surface area (Å²) in [5.74, 6) is 0. The van der Waals surface area contributed by atoms with Crippen molar-refractivity contribution in [3.05, 3.63) is 34.9 Å². The van der Waals surface area contributed by atoms with Crippen LogP contribution in [0.15, 0.2) is 24.3 Å². The maximum absolute atomic E-state index is 5.88. The van der Waals surface area contributed by atoms with Crippen molar-refractivity contribution in [2.24, 2.45) is 0 Å². The van der Waals surface area contributed by atoms with Crippen LogP contribution in [0.5, 0.6) is 0 Å². The highest BCUT2D eigenvalue weighted by molar-refractivity contribution is 6.30. The Kier molecular flexibility index (Phi) is 4.01. The van der Waals surface area contributed by atoms with E-state index in [4.69, 9.17) is 11.6 Å². The lowest BCUT2D eigenvalue weighted by atomic mass is 10.0. The summed E-state index contributed by atoms with van der Waals surface area (Å²) in [5.41, 5.74) is 1.35. The van der Waals surface area contributed by atoms with Gasteiger partial charge in [-0.15, -0.1) is 0 Å². The first-order valence-corrected chi connectivity index (χ1v) is 5.93. The van der Waals surface area contributed by atoms with Gasteiger partial charge in [0.1, 0.15) is 0 Å². The van der Waals surface area contributed by atoms with Gasteiger partial charge in [-0.3, -0.25) is 0 Å². The summed E-state index contributed by atoms with van der Waals surface area (Å²) < 4.78 is 0. The van der Waals surface area contributed by atoms with E-state index in [1.807, 2.05) is 12.1 Å². The molecule has 82 valence electrons. The normalized spacial score (nSPS) is 23.1. The lowest BCUT2D eigenvalue weighted by Gasteiger charge is -2.22. The molecule has 0 bridgehead atoms. The summed E-state index contributed by atoms with van der Waals surface area (Å²) in [6, 6.07) is 8.67. The highest BCUT2D eigenvalue weighted by Gasteiger charge is 2.11. The number of nitrogens with one attached hydrogen (secondary N) is 2. The second kappa shape index (κ2) is 5.50. The summed E-state index contributed by atoms with van der Waals surface area (Å²) in [4.78, 5) is 0. The highest BCUT2D eigenvalue weighted by atomic mass is 35.5. The van der Waals surface area contributed by atoms with Gasteiger partial charge in [-0.1, -0.05) is 23.7 Å². The van der Waals surface area contributed by atoms with Gasteiger partial charge >= 0.3 is 0 Å². The summed E-state index contributed by atoms with van der Waals surface area (Å²) in [6.07, 6.45) is 2.41. The summed E-state index contributed by atoms with van der Waals surface area (Å²) in [5, 5.41) is 7.75. The lowest BCUT2D eigenvalue weighted by Crippen LogP contribution is -2.34. The number of rotatable bonds is 1. The van der Waals surface area contributed by atoms with Crippen LogP contribution in [0.1, 0.15) is 24.4 Å². The fraction of sp³-hybridized carbons (Fsp3) is 0.500. The second-order valence-electron chi connectivity index (χ2n) is 3.95. The van der Waals surface area contributed by atoms with Gasteiger partial charge in [-0.05, 0) is 37.1 Å². The molecule has 1 saturated heterocycles. The van der Waals surface area contributed by atoms with Crippen LogP contribution in [0.3, 0.4) is 0 Å². The molecule has 0 spiro atoms. The molecule has 1 aromatic rings. The molecule has 0 saturated carbocycles. The van der Waals surface area contributed by atoms with Gasteiger partial charge in [0.2, 0.25) is 0 Å². The average molecular weight is 225 g/mol. The number of hydrogen-bond donors (Lipinski definition) is 2. The molecule has 0 radical (unpaired) electrons. The Labute approximate surface area is 96.0 Å². The molecule has 2 nitrogen and oxygen atoms in total. The van der Waals surface area contributed by atoms with Gasteiger partial charge in [0.15, 0.2) is 0 Å². The molecule has 1 heterocycles. The zero-order valence-electron chi connectivity index (χ0n) is 8.80. The third-order valence-electron chi connectivity index (χ3n) is 2.81. The zero-order chi connectivity index (χ0) is 10.5.